The van der Waals surface area contributed by atoms with Crippen LogP contribution in [-0.2, 0) is 7.05 Å². The molecule has 2 aromatic rings. The number of aryl methyl sites for hydroxylation is 1. The fourth-order valence-corrected chi connectivity index (χ4v) is 1.82. The predicted molar refractivity (Wildman–Crippen MR) is 69.6 cm³/mol. The Morgan fingerprint density at radius 1 is 1.29 bits per heavy atom. The average molecular weight is 231 g/mol. The molecule has 0 atom stereocenters. The lowest BCUT2D eigenvalue weighted by Crippen LogP contribution is -2.19. The van der Waals surface area contributed by atoms with Crippen molar-refractivity contribution in [2.45, 2.75) is 19.8 Å². The molecule has 0 N–H and O–H groups in total. The van der Waals surface area contributed by atoms with Crippen molar-refractivity contribution in [3.8, 4) is 5.75 Å². The van der Waals surface area contributed by atoms with Crippen molar-refractivity contribution in [1.82, 2.24) is 4.57 Å². The molecule has 0 saturated carbocycles. The molecule has 2 rings (SSSR count). The second-order valence-corrected chi connectivity index (χ2v) is 4.13. The summed E-state index contributed by atoms with van der Waals surface area (Å²) in [7, 11) is 1.78. The SMILES string of the molecule is CCCCOc1cc2ccccc2n(C)c1=O. The van der Waals surface area contributed by atoms with E-state index in [-0.39, 0.29) is 5.56 Å². The third-order valence-corrected chi connectivity index (χ3v) is 2.86. The van der Waals surface area contributed by atoms with Crippen LogP contribution in [0.5, 0.6) is 5.75 Å². The zero-order valence-corrected chi connectivity index (χ0v) is 10.3. The number of aromatic nitrogens is 1. The van der Waals surface area contributed by atoms with Crippen LogP contribution in [-0.4, -0.2) is 11.2 Å². The van der Waals surface area contributed by atoms with E-state index >= 15 is 0 Å². The largest absolute Gasteiger partial charge is 0.488 e. The van der Waals surface area contributed by atoms with Crippen LogP contribution in [0.4, 0.5) is 0 Å². The van der Waals surface area contributed by atoms with E-state index in [2.05, 4.69) is 6.92 Å². The average Bonchev–Trinajstić information content (AvgIpc) is 2.35. The molecule has 3 nitrogen and oxygen atoms in total. The summed E-state index contributed by atoms with van der Waals surface area (Å²) < 4.78 is 7.17. The number of ether oxygens (including phenoxy) is 1. The van der Waals surface area contributed by atoms with Crippen LogP contribution in [0.1, 0.15) is 19.8 Å². The van der Waals surface area contributed by atoms with Gasteiger partial charge in [-0.05, 0) is 18.6 Å². The van der Waals surface area contributed by atoms with Crippen LogP contribution < -0.4 is 10.3 Å². The number of nitrogens with zero attached hydrogens (tertiary/aromatic N) is 1. The number of hydrogen-bond acceptors (Lipinski definition) is 2. The Morgan fingerprint density at radius 2 is 2.06 bits per heavy atom. The lowest BCUT2D eigenvalue weighted by Gasteiger charge is -2.09. The van der Waals surface area contributed by atoms with E-state index in [9.17, 15) is 4.79 Å². The highest BCUT2D eigenvalue weighted by Crippen LogP contribution is 2.16. The van der Waals surface area contributed by atoms with Gasteiger partial charge in [0.2, 0.25) is 0 Å². The topological polar surface area (TPSA) is 31.2 Å². The summed E-state index contributed by atoms with van der Waals surface area (Å²) in [6.07, 6.45) is 2.03. The predicted octanol–water partition coefficient (Wildman–Crippen LogP) is 2.72. The van der Waals surface area contributed by atoms with Crippen molar-refractivity contribution in [2.75, 3.05) is 6.61 Å². The first-order chi connectivity index (χ1) is 8.24. The Hall–Kier alpha value is -1.77. The Morgan fingerprint density at radius 3 is 2.82 bits per heavy atom. The molecular weight excluding hydrogens is 214 g/mol. The summed E-state index contributed by atoms with van der Waals surface area (Å²) in [5, 5.41) is 1.03. The normalized spacial score (nSPS) is 10.7. The molecule has 0 amide bonds. The van der Waals surface area contributed by atoms with Crippen LogP contribution in [0.15, 0.2) is 35.1 Å². The van der Waals surface area contributed by atoms with Crippen molar-refractivity contribution < 1.29 is 4.74 Å². The van der Waals surface area contributed by atoms with Gasteiger partial charge in [-0.25, -0.2) is 0 Å². The van der Waals surface area contributed by atoms with Crippen LogP contribution in [0.3, 0.4) is 0 Å². The van der Waals surface area contributed by atoms with Gasteiger partial charge in [0.1, 0.15) is 0 Å². The summed E-state index contributed by atoms with van der Waals surface area (Å²) in [6.45, 7) is 2.70. The van der Waals surface area contributed by atoms with E-state index in [0.717, 1.165) is 23.7 Å². The summed E-state index contributed by atoms with van der Waals surface area (Å²) >= 11 is 0. The number of fused-ring (bicyclic) bond motifs is 1. The van der Waals surface area contributed by atoms with Crippen LogP contribution >= 0.6 is 0 Å². The van der Waals surface area contributed by atoms with Crippen LogP contribution in [0.2, 0.25) is 0 Å². The van der Waals surface area contributed by atoms with E-state index in [1.165, 1.54) is 0 Å². The minimum absolute atomic E-state index is 0.0696. The first-order valence-electron chi connectivity index (χ1n) is 5.95. The fourth-order valence-electron chi connectivity index (χ4n) is 1.82. The zero-order chi connectivity index (χ0) is 12.3. The zero-order valence-electron chi connectivity index (χ0n) is 10.3. The van der Waals surface area contributed by atoms with Gasteiger partial charge in [0.05, 0.1) is 12.1 Å². The van der Waals surface area contributed by atoms with Gasteiger partial charge in [0.25, 0.3) is 5.56 Å². The van der Waals surface area contributed by atoms with Crippen LogP contribution in [0, 0.1) is 0 Å². The molecule has 0 aliphatic carbocycles. The molecule has 1 aromatic carbocycles. The van der Waals surface area contributed by atoms with E-state index < -0.39 is 0 Å². The highest BCUT2D eigenvalue weighted by Gasteiger charge is 2.06. The Kier molecular flexibility index (Phi) is 3.47. The minimum Gasteiger partial charge on any atom is -0.488 e. The molecule has 0 fully saturated rings. The Labute approximate surface area is 101 Å². The van der Waals surface area contributed by atoms with E-state index in [0.29, 0.717) is 12.4 Å². The number of rotatable bonds is 4. The van der Waals surface area contributed by atoms with Crippen molar-refractivity contribution >= 4 is 10.9 Å². The molecule has 3 heteroatoms. The summed E-state index contributed by atoms with van der Waals surface area (Å²) in [4.78, 5) is 12.0. The van der Waals surface area contributed by atoms with E-state index in [4.69, 9.17) is 4.74 Å². The lowest BCUT2D eigenvalue weighted by atomic mass is 10.2. The quantitative estimate of drug-likeness (QED) is 0.758. The molecule has 17 heavy (non-hydrogen) atoms. The van der Waals surface area contributed by atoms with Gasteiger partial charge in [-0.2, -0.15) is 0 Å². The van der Waals surface area contributed by atoms with Gasteiger partial charge >= 0.3 is 0 Å². The molecule has 0 aliphatic heterocycles. The molecular formula is C14H17NO2. The Bertz CT molecular complexity index is 572. The number of unbranched alkanes of at least 4 members (excludes halogenated alkanes) is 1. The second kappa shape index (κ2) is 5.04. The van der Waals surface area contributed by atoms with Crippen molar-refractivity contribution in [3.05, 3.63) is 40.7 Å². The molecule has 0 saturated heterocycles. The van der Waals surface area contributed by atoms with E-state index in [1.54, 1.807) is 11.6 Å². The molecule has 1 heterocycles. The standard InChI is InChI=1S/C14H17NO2/c1-3-4-9-17-13-10-11-7-5-6-8-12(11)15(2)14(13)16/h5-8,10H,3-4,9H2,1-2H3. The number of para-hydroxylation sites is 1. The molecule has 1 aromatic heterocycles. The van der Waals surface area contributed by atoms with Gasteiger partial charge in [-0.15, -0.1) is 0 Å². The van der Waals surface area contributed by atoms with Gasteiger partial charge in [-0.1, -0.05) is 31.5 Å². The highest BCUT2D eigenvalue weighted by molar-refractivity contribution is 5.80. The van der Waals surface area contributed by atoms with Crippen molar-refractivity contribution in [3.63, 3.8) is 0 Å². The lowest BCUT2D eigenvalue weighted by molar-refractivity contribution is 0.304. The summed E-state index contributed by atoms with van der Waals surface area (Å²) in [6, 6.07) is 9.64. The third-order valence-electron chi connectivity index (χ3n) is 2.86. The van der Waals surface area contributed by atoms with Gasteiger partial charge in [0, 0.05) is 12.4 Å². The second-order valence-electron chi connectivity index (χ2n) is 4.13. The number of benzene rings is 1. The fraction of sp³-hybridized carbons (Fsp3) is 0.357. The molecule has 0 unspecified atom stereocenters. The minimum atomic E-state index is -0.0696. The molecule has 0 bridgehead atoms. The molecule has 0 radical (unpaired) electrons. The Balaban J connectivity index is 2.43. The maximum Gasteiger partial charge on any atom is 0.293 e. The van der Waals surface area contributed by atoms with Crippen molar-refractivity contribution in [2.24, 2.45) is 7.05 Å². The molecule has 90 valence electrons. The molecule has 0 spiro atoms. The summed E-state index contributed by atoms with van der Waals surface area (Å²) in [5.74, 6) is 0.444. The maximum absolute atomic E-state index is 12.0. The monoisotopic (exact) mass is 231 g/mol. The first-order valence-corrected chi connectivity index (χ1v) is 5.95. The summed E-state index contributed by atoms with van der Waals surface area (Å²) in [5.41, 5.74) is 0.861. The van der Waals surface area contributed by atoms with Crippen molar-refractivity contribution in [1.29, 1.82) is 0 Å². The van der Waals surface area contributed by atoms with Gasteiger partial charge < -0.3 is 9.30 Å². The maximum atomic E-state index is 12.0. The first kappa shape index (κ1) is 11.7. The third kappa shape index (κ3) is 2.33. The molecule has 0 aliphatic rings. The number of hydrogen-bond donors (Lipinski definition) is 0. The van der Waals surface area contributed by atoms with Crippen LogP contribution in [0.25, 0.3) is 10.9 Å². The smallest absolute Gasteiger partial charge is 0.293 e. The van der Waals surface area contributed by atoms with E-state index in [1.807, 2.05) is 30.3 Å². The highest BCUT2D eigenvalue weighted by atomic mass is 16.5. The van der Waals surface area contributed by atoms with Gasteiger partial charge in [0.15, 0.2) is 5.75 Å². The van der Waals surface area contributed by atoms with Gasteiger partial charge in [-0.3, -0.25) is 4.79 Å². The number of pyridine rings is 1.